The Bertz CT molecular complexity index is 1400. The van der Waals surface area contributed by atoms with Gasteiger partial charge in [-0.2, -0.15) is 13.2 Å². The van der Waals surface area contributed by atoms with Gasteiger partial charge >= 0.3 is 5.51 Å². The van der Waals surface area contributed by atoms with E-state index in [9.17, 15) is 22.2 Å². The van der Waals surface area contributed by atoms with Gasteiger partial charge in [-0.1, -0.05) is 0 Å². The number of aromatic nitrogens is 6. The van der Waals surface area contributed by atoms with Crippen LogP contribution in [0.5, 0.6) is 0 Å². The van der Waals surface area contributed by atoms with E-state index in [0.29, 0.717) is 5.69 Å². The molecule has 35 heavy (non-hydrogen) atoms. The number of hydrogen-bond donors (Lipinski definition) is 2. The first-order valence-corrected chi connectivity index (χ1v) is 11.7. The number of aryl methyl sites for hydroxylation is 1. The zero-order chi connectivity index (χ0) is 25.3. The van der Waals surface area contributed by atoms with Gasteiger partial charge in [0.2, 0.25) is 22.3 Å². The molecule has 4 aromatic rings. The van der Waals surface area contributed by atoms with Crippen molar-refractivity contribution in [3.8, 4) is 11.5 Å². The largest absolute Gasteiger partial charge is 0.479 e. The minimum atomic E-state index is -5.23. The third kappa shape index (κ3) is 4.60. The van der Waals surface area contributed by atoms with Crippen molar-refractivity contribution in [1.29, 1.82) is 0 Å². The highest BCUT2D eigenvalue weighted by molar-refractivity contribution is 8.01. The summed E-state index contributed by atoms with van der Waals surface area (Å²) in [6.07, 6.45) is 4.23. The monoisotopic (exact) mass is 506 g/mol. The van der Waals surface area contributed by atoms with Gasteiger partial charge in [0, 0.05) is 36.9 Å². The second-order valence-electron chi connectivity index (χ2n) is 7.43. The molecule has 1 aromatic carbocycles. The first-order chi connectivity index (χ1) is 16.7. The van der Waals surface area contributed by atoms with Gasteiger partial charge in [-0.05, 0) is 44.5 Å². The summed E-state index contributed by atoms with van der Waals surface area (Å²) >= 11 is 0. The maximum Gasteiger partial charge on any atom is 0.479 e. The molecule has 0 saturated heterocycles. The van der Waals surface area contributed by atoms with E-state index in [0.717, 1.165) is 24.3 Å². The smallest absolute Gasteiger partial charge is 0.372 e. The van der Waals surface area contributed by atoms with E-state index >= 15 is 0 Å². The Balaban J connectivity index is 1.83. The molecular formula is C21H21F3N8O2S. The summed E-state index contributed by atoms with van der Waals surface area (Å²) in [4.78, 5) is 22.8. The SMILES string of the molecule is CCN(CC)c1ccc(Nc2c(C(=O)S(=O)C(F)(F)F)[nH]n3c(-c4cnccn4)nnc23)c(C)c1. The molecule has 0 spiro atoms. The summed E-state index contributed by atoms with van der Waals surface area (Å²) in [7, 11) is -3.79. The maximum absolute atomic E-state index is 13.1. The van der Waals surface area contributed by atoms with Gasteiger partial charge in [0.25, 0.3) is 5.12 Å². The van der Waals surface area contributed by atoms with Gasteiger partial charge in [0.05, 0.1) is 6.20 Å². The normalized spacial score (nSPS) is 12.6. The summed E-state index contributed by atoms with van der Waals surface area (Å²) in [6, 6.07) is 5.53. The standard InChI is InChI=1S/C21H21F3N8O2S/c1-4-31(5-2)13-6-7-14(12(3)10-13)27-16-17(20(33)35(34)21(22,23)24)30-32-18(28-29-19(16)32)15-11-25-8-9-26-15/h6-11,27,30H,4-5H2,1-3H3. The Kier molecular flexibility index (Phi) is 6.56. The number of nitrogens with zero attached hydrogens (tertiary/aromatic N) is 6. The fourth-order valence-corrected chi connectivity index (χ4v) is 4.13. The number of aromatic amines is 1. The summed E-state index contributed by atoms with van der Waals surface area (Å²) in [5.74, 6) is 0.113. The van der Waals surface area contributed by atoms with Crippen LogP contribution in [0.3, 0.4) is 0 Å². The second kappa shape index (κ2) is 9.44. The van der Waals surface area contributed by atoms with Crippen molar-refractivity contribution in [2.45, 2.75) is 26.3 Å². The van der Waals surface area contributed by atoms with Crippen molar-refractivity contribution in [3.05, 3.63) is 48.0 Å². The number of hydrogen-bond acceptors (Lipinski definition) is 8. The van der Waals surface area contributed by atoms with Crippen molar-refractivity contribution in [1.82, 2.24) is 29.8 Å². The lowest BCUT2D eigenvalue weighted by molar-refractivity contribution is -0.0377. The van der Waals surface area contributed by atoms with E-state index in [1.54, 1.807) is 6.07 Å². The molecule has 1 atom stereocenters. The summed E-state index contributed by atoms with van der Waals surface area (Å²) in [5.41, 5.74) is -3.30. The minimum Gasteiger partial charge on any atom is -0.372 e. The van der Waals surface area contributed by atoms with Crippen LogP contribution in [0.15, 0.2) is 36.8 Å². The molecule has 14 heteroatoms. The van der Waals surface area contributed by atoms with Crippen LogP contribution in [-0.2, 0) is 10.8 Å². The fraction of sp³-hybridized carbons (Fsp3) is 0.286. The topological polar surface area (TPSA) is 121 Å². The lowest BCUT2D eigenvalue weighted by atomic mass is 10.1. The van der Waals surface area contributed by atoms with Crippen LogP contribution in [0.1, 0.15) is 29.9 Å². The predicted octanol–water partition coefficient (Wildman–Crippen LogP) is 3.82. The molecule has 0 aliphatic heterocycles. The molecule has 4 rings (SSSR count). The molecule has 3 heterocycles. The molecule has 1 unspecified atom stereocenters. The number of nitrogens with one attached hydrogen (secondary N) is 2. The predicted molar refractivity (Wildman–Crippen MR) is 125 cm³/mol. The van der Waals surface area contributed by atoms with Crippen molar-refractivity contribution >= 4 is 38.6 Å². The summed E-state index contributed by atoms with van der Waals surface area (Å²) in [5, 5.41) is 12.0. The van der Waals surface area contributed by atoms with Crippen molar-refractivity contribution in [2.24, 2.45) is 0 Å². The highest BCUT2D eigenvalue weighted by Crippen LogP contribution is 2.33. The molecular weight excluding hydrogens is 485 g/mol. The van der Waals surface area contributed by atoms with Gasteiger partial charge in [-0.25, -0.2) is 13.7 Å². The van der Waals surface area contributed by atoms with E-state index in [-0.39, 0.29) is 22.9 Å². The molecule has 0 amide bonds. The molecule has 2 N–H and O–H groups in total. The Morgan fingerprint density at radius 1 is 1.20 bits per heavy atom. The van der Waals surface area contributed by atoms with Crippen LogP contribution in [0.2, 0.25) is 0 Å². The molecule has 10 nitrogen and oxygen atoms in total. The van der Waals surface area contributed by atoms with Crippen molar-refractivity contribution in [3.63, 3.8) is 0 Å². The van der Waals surface area contributed by atoms with Crippen molar-refractivity contribution in [2.75, 3.05) is 23.3 Å². The van der Waals surface area contributed by atoms with E-state index in [2.05, 4.69) is 35.5 Å². The Morgan fingerprint density at radius 3 is 2.54 bits per heavy atom. The van der Waals surface area contributed by atoms with Gasteiger partial charge < -0.3 is 10.2 Å². The molecule has 0 aliphatic rings. The molecule has 0 bridgehead atoms. The zero-order valence-electron chi connectivity index (χ0n) is 18.9. The molecule has 0 aliphatic carbocycles. The van der Waals surface area contributed by atoms with Crippen LogP contribution in [0.4, 0.5) is 30.2 Å². The third-order valence-corrected chi connectivity index (χ3v) is 6.29. The van der Waals surface area contributed by atoms with E-state index in [1.165, 1.54) is 23.1 Å². The Hall–Kier alpha value is -3.81. The van der Waals surface area contributed by atoms with Crippen LogP contribution >= 0.6 is 0 Å². The Labute approximate surface area is 200 Å². The summed E-state index contributed by atoms with van der Waals surface area (Å²) < 4.78 is 52.4. The lowest BCUT2D eigenvalue weighted by Crippen LogP contribution is -2.25. The second-order valence-corrected chi connectivity index (χ2v) is 8.80. The number of rotatable bonds is 7. The number of carbonyl (C=O) groups excluding carboxylic acids is 1. The van der Waals surface area contributed by atoms with Crippen LogP contribution < -0.4 is 10.2 Å². The quantitative estimate of drug-likeness (QED) is 0.388. The molecule has 0 radical (unpaired) electrons. The van der Waals surface area contributed by atoms with Gasteiger partial charge in [-0.15, -0.1) is 10.2 Å². The van der Waals surface area contributed by atoms with E-state index < -0.39 is 27.1 Å². The number of alkyl halides is 3. The lowest BCUT2D eigenvalue weighted by Gasteiger charge is -2.22. The van der Waals surface area contributed by atoms with Crippen LogP contribution in [0, 0.1) is 6.92 Å². The fourth-order valence-electron chi connectivity index (χ4n) is 3.58. The molecule has 0 saturated carbocycles. The molecule has 0 fully saturated rings. The summed E-state index contributed by atoms with van der Waals surface area (Å²) in [6.45, 7) is 7.48. The average molecular weight is 507 g/mol. The Morgan fingerprint density at radius 2 is 1.94 bits per heavy atom. The van der Waals surface area contributed by atoms with Crippen LogP contribution in [0.25, 0.3) is 17.2 Å². The van der Waals surface area contributed by atoms with E-state index in [4.69, 9.17) is 0 Å². The first-order valence-electron chi connectivity index (χ1n) is 10.5. The highest BCUT2D eigenvalue weighted by atomic mass is 32.2. The van der Waals surface area contributed by atoms with Gasteiger partial charge in [0.1, 0.15) is 17.1 Å². The van der Waals surface area contributed by atoms with Crippen molar-refractivity contribution < 1.29 is 22.2 Å². The number of fused-ring (bicyclic) bond motifs is 1. The first kappa shape index (κ1) is 24.3. The average Bonchev–Trinajstić information content (AvgIpc) is 3.40. The van der Waals surface area contributed by atoms with Crippen LogP contribution in [-0.4, -0.2) is 57.7 Å². The van der Waals surface area contributed by atoms with Gasteiger partial charge in [0.15, 0.2) is 0 Å². The zero-order valence-corrected chi connectivity index (χ0v) is 19.7. The molecule has 184 valence electrons. The molecule has 3 aromatic heterocycles. The third-order valence-electron chi connectivity index (χ3n) is 5.33. The van der Waals surface area contributed by atoms with E-state index in [1.807, 2.05) is 32.9 Å². The minimum absolute atomic E-state index is 0.0281. The number of benzene rings is 1. The number of H-pyrrole nitrogens is 1. The number of carbonyl (C=O) groups is 1. The maximum atomic E-state index is 13.1. The number of halogens is 3. The number of anilines is 3. The highest BCUT2D eigenvalue weighted by Gasteiger charge is 2.44. The van der Waals surface area contributed by atoms with Gasteiger partial charge in [-0.3, -0.25) is 14.9 Å².